The Bertz CT molecular complexity index is 699. The highest BCUT2D eigenvalue weighted by molar-refractivity contribution is 7.93. The molecule has 2 aromatic rings. The van der Waals surface area contributed by atoms with Crippen molar-refractivity contribution >= 4 is 21.7 Å². The largest absolute Gasteiger partial charge is 0.398 e. The fraction of sp³-hybridized carbons (Fsp3) is 0.167. The molecule has 0 aliphatic carbocycles. The summed E-state index contributed by atoms with van der Waals surface area (Å²) < 4.78 is 27.0. The number of aryl methyl sites for hydroxylation is 1. The van der Waals surface area contributed by atoms with Crippen LogP contribution in [0.15, 0.2) is 35.5 Å². The van der Waals surface area contributed by atoms with Gasteiger partial charge in [-0.3, -0.25) is 0 Å². The Morgan fingerprint density at radius 1 is 1.16 bits per heavy atom. The molecule has 0 fully saturated rings. The summed E-state index contributed by atoms with van der Waals surface area (Å²) in [5, 5.41) is 0. The molecule has 0 atom stereocenters. The number of rotatable bonds is 3. The minimum atomic E-state index is -3.80. The summed E-state index contributed by atoms with van der Waals surface area (Å²) in [6.45, 7) is 3.54. The summed E-state index contributed by atoms with van der Waals surface area (Å²) in [6.07, 6.45) is 2.91. The van der Waals surface area contributed by atoms with E-state index in [2.05, 4.69) is 14.7 Å². The average Bonchev–Trinajstić information content (AvgIpc) is 2.35. The molecule has 0 saturated carbocycles. The summed E-state index contributed by atoms with van der Waals surface area (Å²) in [5.74, 6) is 0.0165. The van der Waals surface area contributed by atoms with E-state index in [9.17, 15) is 8.42 Å². The lowest BCUT2D eigenvalue weighted by Crippen LogP contribution is -2.18. The molecule has 0 spiro atoms. The fourth-order valence-electron chi connectivity index (χ4n) is 1.69. The molecule has 6 nitrogen and oxygen atoms in total. The van der Waals surface area contributed by atoms with Crippen molar-refractivity contribution in [3.63, 3.8) is 0 Å². The lowest BCUT2D eigenvalue weighted by molar-refractivity contribution is 0.600. The average molecular weight is 278 g/mol. The van der Waals surface area contributed by atoms with Crippen molar-refractivity contribution in [1.29, 1.82) is 0 Å². The van der Waals surface area contributed by atoms with Crippen LogP contribution in [0.4, 0.5) is 11.6 Å². The molecule has 0 radical (unpaired) electrons. The Balaban J connectivity index is 2.49. The van der Waals surface area contributed by atoms with Crippen LogP contribution in [0.5, 0.6) is 0 Å². The van der Waals surface area contributed by atoms with E-state index in [4.69, 9.17) is 5.73 Å². The van der Waals surface area contributed by atoms with Gasteiger partial charge in [-0.2, -0.15) is 0 Å². The summed E-state index contributed by atoms with van der Waals surface area (Å²) in [5.41, 5.74) is 7.44. The SMILES string of the molecule is Cc1ccc(N)c(S(=O)(=O)Nc2ncccn2)c1C. The molecule has 3 N–H and O–H groups in total. The van der Waals surface area contributed by atoms with Crippen LogP contribution >= 0.6 is 0 Å². The quantitative estimate of drug-likeness (QED) is 0.829. The van der Waals surface area contributed by atoms with Gasteiger partial charge in [-0.05, 0) is 37.1 Å². The van der Waals surface area contributed by atoms with Gasteiger partial charge in [-0.1, -0.05) is 6.07 Å². The van der Waals surface area contributed by atoms with Crippen LogP contribution in [0.25, 0.3) is 0 Å². The molecule has 1 aromatic heterocycles. The van der Waals surface area contributed by atoms with Crippen LogP contribution in [0.1, 0.15) is 11.1 Å². The Morgan fingerprint density at radius 3 is 2.42 bits per heavy atom. The van der Waals surface area contributed by atoms with E-state index >= 15 is 0 Å². The number of nitrogens with zero attached hydrogens (tertiary/aromatic N) is 2. The number of hydrogen-bond acceptors (Lipinski definition) is 5. The first-order chi connectivity index (χ1) is 8.92. The maximum Gasteiger partial charge on any atom is 0.266 e. The van der Waals surface area contributed by atoms with E-state index in [1.807, 2.05) is 6.92 Å². The third-order valence-electron chi connectivity index (χ3n) is 2.77. The summed E-state index contributed by atoms with van der Waals surface area (Å²) in [4.78, 5) is 7.73. The highest BCUT2D eigenvalue weighted by Crippen LogP contribution is 2.26. The third kappa shape index (κ3) is 2.65. The molecule has 1 aromatic carbocycles. The van der Waals surface area contributed by atoms with Crippen molar-refractivity contribution in [1.82, 2.24) is 9.97 Å². The smallest absolute Gasteiger partial charge is 0.266 e. The maximum absolute atomic E-state index is 12.3. The molecule has 0 unspecified atom stereocenters. The minimum Gasteiger partial charge on any atom is -0.398 e. The number of nitrogens with one attached hydrogen (secondary N) is 1. The third-order valence-corrected chi connectivity index (χ3v) is 4.30. The lowest BCUT2D eigenvalue weighted by Gasteiger charge is -2.13. The number of anilines is 2. The Kier molecular flexibility index (Phi) is 3.39. The van der Waals surface area contributed by atoms with Crippen molar-refractivity contribution < 1.29 is 8.42 Å². The van der Waals surface area contributed by atoms with Gasteiger partial charge in [0, 0.05) is 12.4 Å². The van der Waals surface area contributed by atoms with Gasteiger partial charge in [0.15, 0.2) is 0 Å². The van der Waals surface area contributed by atoms with Crippen molar-refractivity contribution in [2.45, 2.75) is 18.7 Å². The monoisotopic (exact) mass is 278 g/mol. The second kappa shape index (κ2) is 4.85. The van der Waals surface area contributed by atoms with Crippen LogP contribution < -0.4 is 10.5 Å². The molecule has 0 bridgehead atoms. The topological polar surface area (TPSA) is 98.0 Å². The predicted octanol–water partition coefficient (Wildman–Crippen LogP) is 1.48. The minimum absolute atomic E-state index is 0.0165. The van der Waals surface area contributed by atoms with Crippen LogP contribution in [0.2, 0.25) is 0 Å². The van der Waals surface area contributed by atoms with Crippen molar-refractivity contribution in [2.24, 2.45) is 0 Å². The number of nitrogen functional groups attached to an aromatic ring is 1. The summed E-state index contributed by atoms with van der Waals surface area (Å²) >= 11 is 0. The van der Waals surface area contributed by atoms with Crippen LogP contribution in [0, 0.1) is 13.8 Å². The molecule has 2 rings (SSSR count). The second-order valence-corrected chi connectivity index (χ2v) is 5.72. The van der Waals surface area contributed by atoms with Crippen LogP contribution in [-0.4, -0.2) is 18.4 Å². The first kappa shape index (κ1) is 13.3. The van der Waals surface area contributed by atoms with Gasteiger partial charge in [0.05, 0.1) is 5.69 Å². The van der Waals surface area contributed by atoms with E-state index in [0.29, 0.717) is 5.56 Å². The van der Waals surface area contributed by atoms with E-state index in [1.54, 1.807) is 25.1 Å². The summed E-state index contributed by atoms with van der Waals surface area (Å²) in [7, 11) is -3.80. The van der Waals surface area contributed by atoms with Gasteiger partial charge in [0.1, 0.15) is 4.90 Å². The molecule has 0 aliphatic heterocycles. The molecule has 0 saturated heterocycles. The first-order valence-corrected chi connectivity index (χ1v) is 7.05. The van der Waals surface area contributed by atoms with Crippen molar-refractivity contribution in [2.75, 3.05) is 10.5 Å². The predicted molar refractivity (Wildman–Crippen MR) is 73.2 cm³/mol. The van der Waals surface area contributed by atoms with Gasteiger partial charge >= 0.3 is 0 Å². The van der Waals surface area contributed by atoms with Crippen molar-refractivity contribution in [3.8, 4) is 0 Å². The van der Waals surface area contributed by atoms with Gasteiger partial charge in [-0.25, -0.2) is 23.1 Å². The fourth-order valence-corrected chi connectivity index (χ4v) is 3.08. The van der Waals surface area contributed by atoms with E-state index in [0.717, 1.165) is 5.56 Å². The number of aromatic nitrogens is 2. The van der Waals surface area contributed by atoms with Gasteiger partial charge < -0.3 is 5.73 Å². The van der Waals surface area contributed by atoms with Gasteiger partial charge in [0.2, 0.25) is 5.95 Å². The molecule has 1 heterocycles. The number of nitrogens with two attached hydrogens (primary N) is 1. The molecule has 0 aliphatic rings. The van der Waals surface area contributed by atoms with E-state index in [1.165, 1.54) is 12.4 Å². The molecular formula is C12H14N4O2S. The second-order valence-electron chi connectivity index (χ2n) is 4.10. The Labute approximate surface area is 111 Å². The normalized spacial score (nSPS) is 11.3. The van der Waals surface area contributed by atoms with Gasteiger partial charge in [0.25, 0.3) is 10.0 Å². The Morgan fingerprint density at radius 2 is 1.79 bits per heavy atom. The van der Waals surface area contributed by atoms with Crippen LogP contribution in [-0.2, 0) is 10.0 Å². The maximum atomic E-state index is 12.3. The highest BCUT2D eigenvalue weighted by Gasteiger charge is 2.22. The van der Waals surface area contributed by atoms with Crippen molar-refractivity contribution in [3.05, 3.63) is 41.7 Å². The molecule has 0 amide bonds. The zero-order valence-corrected chi connectivity index (χ0v) is 11.4. The van der Waals surface area contributed by atoms with E-state index in [-0.39, 0.29) is 16.5 Å². The lowest BCUT2D eigenvalue weighted by atomic mass is 10.1. The number of sulfonamides is 1. The zero-order chi connectivity index (χ0) is 14.0. The van der Waals surface area contributed by atoms with E-state index < -0.39 is 10.0 Å². The van der Waals surface area contributed by atoms with Crippen LogP contribution in [0.3, 0.4) is 0 Å². The number of benzene rings is 1. The number of hydrogen-bond donors (Lipinski definition) is 2. The van der Waals surface area contributed by atoms with Gasteiger partial charge in [-0.15, -0.1) is 0 Å². The first-order valence-electron chi connectivity index (χ1n) is 5.57. The molecule has 7 heteroatoms. The molecule has 19 heavy (non-hydrogen) atoms. The Hall–Kier alpha value is -2.15. The highest BCUT2D eigenvalue weighted by atomic mass is 32.2. The molecule has 100 valence electrons. The standard InChI is InChI=1S/C12H14N4O2S/c1-8-4-5-10(13)11(9(8)2)19(17,18)16-12-14-6-3-7-15-12/h3-7H,13H2,1-2H3,(H,14,15,16). The summed E-state index contributed by atoms with van der Waals surface area (Å²) in [6, 6.07) is 4.95. The zero-order valence-electron chi connectivity index (χ0n) is 10.6. The molecular weight excluding hydrogens is 264 g/mol.